The van der Waals surface area contributed by atoms with Crippen molar-refractivity contribution in [2.45, 2.75) is 19.3 Å². The number of carbonyl (C=O) groups is 2. The molecule has 1 N–H and O–H groups in total. The van der Waals surface area contributed by atoms with Crippen molar-refractivity contribution in [3.8, 4) is 11.3 Å². The van der Waals surface area contributed by atoms with E-state index in [4.69, 9.17) is 0 Å². The van der Waals surface area contributed by atoms with Crippen molar-refractivity contribution in [1.29, 1.82) is 0 Å². The summed E-state index contributed by atoms with van der Waals surface area (Å²) in [5.74, 6) is -0.559. The lowest BCUT2D eigenvalue weighted by molar-refractivity contribution is -0.385. The van der Waals surface area contributed by atoms with Crippen LogP contribution in [0, 0.1) is 10.1 Å². The highest BCUT2D eigenvalue weighted by molar-refractivity contribution is 7.14. The Morgan fingerprint density at radius 2 is 1.97 bits per heavy atom. The molecule has 30 heavy (non-hydrogen) atoms. The fourth-order valence-electron chi connectivity index (χ4n) is 3.59. The summed E-state index contributed by atoms with van der Waals surface area (Å²) >= 11 is 1.23. The van der Waals surface area contributed by atoms with Gasteiger partial charge in [-0.1, -0.05) is 18.2 Å². The zero-order chi connectivity index (χ0) is 21.6. The van der Waals surface area contributed by atoms with Crippen LogP contribution in [0.4, 0.5) is 16.5 Å². The first-order chi connectivity index (χ1) is 14.2. The third-order valence-electron chi connectivity index (χ3n) is 5.24. The summed E-state index contributed by atoms with van der Waals surface area (Å²) in [5.41, 5.74) is 2.35. The highest BCUT2D eigenvalue weighted by atomic mass is 32.1. The Labute approximate surface area is 176 Å². The van der Waals surface area contributed by atoms with Crippen LogP contribution in [0.3, 0.4) is 0 Å². The molecule has 8 nitrogen and oxygen atoms in total. The number of anilines is 2. The minimum Gasteiger partial charge on any atom is -0.314 e. The second-order valence-corrected chi connectivity index (χ2v) is 8.35. The molecule has 1 aromatic heterocycles. The molecule has 0 atom stereocenters. The van der Waals surface area contributed by atoms with Crippen LogP contribution in [-0.4, -0.2) is 28.8 Å². The lowest BCUT2D eigenvalue weighted by Crippen LogP contribution is -2.33. The van der Waals surface area contributed by atoms with Crippen LogP contribution in [0.5, 0.6) is 0 Å². The normalized spacial score (nSPS) is 14.5. The van der Waals surface area contributed by atoms with Crippen molar-refractivity contribution in [2.75, 3.05) is 17.3 Å². The van der Waals surface area contributed by atoms with Crippen LogP contribution in [0.25, 0.3) is 11.3 Å². The van der Waals surface area contributed by atoms with Gasteiger partial charge in [-0.2, -0.15) is 0 Å². The molecule has 0 saturated heterocycles. The molecule has 2 amide bonds. The summed E-state index contributed by atoms with van der Waals surface area (Å²) in [6.07, 6.45) is 0. The monoisotopic (exact) mass is 422 g/mol. The summed E-state index contributed by atoms with van der Waals surface area (Å²) in [6.45, 7) is 3.78. The van der Waals surface area contributed by atoms with Gasteiger partial charge < -0.3 is 4.90 Å². The summed E-state index contributed by atoms with van der Waals surface area (Å²) < 4.78 is 0. The molecular weight excluding hydrogens is 404 g/mol. The number of rotatable bonds is 4. The maximum absolute atomic E-state index is 12.5. The fraction of sp³-hybridized carbons (Fsp3) is 0.190. The molecule has 9 heteroatoms. The van der Waals surface area contributed by atoms with Gasteiger partial charge in [0.15, 0.2) is 5.13 Å². The molecule has 1 aliphatic heterocycles. The van der Waals surface area contributed by atoms with Gasteiger partial charge in [0, 0.05) is 29.7 Å². The second kappa shape index (κ2) is 7.03. The molecule has 0 aliphatic carbocycles. The average Bonchev–Trinajstić information content (AvgIpc) is 3.26. The van der Waals surface area contributed by atoms with E-state index >= 15 is 0 Å². The molecule has 2 heterocycles. The number of nitro benzene ring substituents is 1. The summed E-state index contributed by atoms with van der Waals surface area (Å²) in [6, 6.07) is 11.5. The van der Waals surface area contributed by atoms with Crippen molar-refractivity contribution >= 4 is 39.7 Å². The maximum Gasteiger partial charge on any atom is 0.282 e. The molecule has 0 saturated carbocycles. The van der Waals surface area contributed by atoms with Crippen LogP contribution in [0.15, 0.2) is 47.8 Å². The van der Waals surface area contributed by atoms with Gasteiger partial charge in [0.25, 0.3) is 11.6 Å². The topological polar surface area (TPSA) is 105 Å². The van der Waals surface area contributed by atoms with E-state index in [-0.39, 0.29) is 17.2 Å². The number of amides is 2. The number of aromatic nitrogens is 1. The Morgan fingerprint density at radius 3 is 2.70 bits per heavy atom. The number of hydrogen-bond acceptors (Lipinski definition) is 6. The number of benzene rings is 2. The van der Waals surface area contributed by atoms with Crippen LogP contribution < -0.4 is 10.2 Å². The van der Waals surface area contributed by atoms with E-state index < -0.39 is 16.2 Å². The van der Waals surface area contributed by atoms with Gasteiger partial charge in [0.1, 0.15) is 5.56 Å². The number of nitrogens with one attached hydrogen (secondary N) is 1. The average molecular weight is 422 g/mol. The van der Waals surface area contributed by atoms with Gasteiger partial charge in [0.2, 0.25) is 5.91 Å². The number of likely N-dealkylation sites (N-methyl/N-ethyl adjacent to an activating group) is 1. The molecular formula is C21H18N4O4S. The SMILES string of the molecule is CN1C(=O)C(C)(C)c2cc(-c3csc(NC(=O)c4ccccc4[N+](=O)[O-])n3)ccc21. The molecule has 0 unspecified atom stereocenters. The summed E-state index contributed by atoms with van der Waals surface area (Å²) in [5, 5.41) is 15.9. The number of para-hydroxylation sites is 1. The van der Waals surface area contributed by atoms with Crippen molar-refractivity contribution in [3.63, 3.8) is 0 Å². The Hall–Kier alpha value is -3.59. The van der Waals surface area contributed by atoms with Crippen molar-refractivity contribution < 1.29 is 14.5 Å². The quantitative estimate of drug-likeness (QED) is 0.500. The third-order valence-corrected chi connectivity index (χ3v) is 5.99. The predicted octanol–water partition coefficient (Wildman–Crippen LogP) is 4.22. The standard InChI is InChI=1S/C21H18N4O4S/c1-21(2)14-10-12(8-9-17(14)24(3)19(21)27)15-11-30-20(22-15)23-18(26)13-6-4-5-7-16(13)25(28)29/h4-11H,1-3H3,(H,22,23,26). The highest BCUT2D eigenvalue weighted by Gasteiger charge is 2.42. The second-order valence-electron chi connectivity index (χ2n) is 7.49. The molecule has 4 rings (SSSR count). The zero-order valence-electron chi connectivity index (χ0n) is 16.5. The lowest BCUT2D eigenvalue weighted by atomic mass is 9.85. The van der Waals surface area contributed by atoms with E-state index in [1.54, 1.807) is 23.4 Å². The van der Waals surface area contributed by atoms with Gasteiger partial charge in [-0.3, -0.25) is 25.0 Å². The number of thiazole rings is 1. The van der Waals surface area contributed by atoms with E-state index in [9.17, 15) is 19.7 Å². The van der Waals surface area contributed by atoms with Gasteiger partial charge in [0.05, 0.1) is 16.0 Å². The number of nitro groups is 1. The first-order valence-corrected chi connectivity index (χ1v) is 10.0. The maximum atomic E-state index is 12.5. The largest absolute Gasteiger partial charge is 0.314 e. The molecule has 152 valence electrons. The molecule has 2 aromatic carbocycles. The molecule has 0 spiro atoms. The Bertz CT molecular complexity index is 1200. The van der Waals surface area contributed by atoms with E-state index in [1.165, 1.54) is 29.5 Å². The van der Waals surface area contributed by atoms with Gasteiger partial charge in [-0.05, 0) is 37.6 Å². The lowest BCUT2D eigenvalue weighted by Gasteiger charge is -2.16. The zero-order valence-corrected chi connectivity index (χ0v) is 17.3. The van der Waals surface area contributed by atoms with E-state index in [2.05, 4.69) is 10.3 Å². The smallest absolute Gasteiger partial charge is 0.282 e. The van der Waals surface area contributed by atoms with Crippen LogP contribution in [0.2, 0.25) is 0 Å². The number of hydrogen-bond donors (Lipinski definition) is 1. The summed E-state index contributed by atoms with van der Waals surface area (Å²) in [7, 11) is 1.76. The predicted molar refractivity (Wildman–Crippen MR) is 115 cm³/mol. The van der Waals surface area contributed by atoms with E-state index in [1.807, 2.05) is 32.0 Å². The molecule has 0 fully saturated rings. The molecule has 0 bridgehead atoms. The molecule has 3 aromatic rings. The van der Waals surface area contributed by atoms with Crippen molar-refractivity contribution in [2.24, 2.45) is 0 Å². The van der Waals surface area contributed by atoms with E-state index in [0.29, 0.717) is 10.8 Å². The van der Waals surface area contributed by atoms with E-state index in [0.717, 1.165) is 16.8 Å². The van der Waals surface area contributed by atoms with Crippen LogP contribution >= 0.6 is 11.3 Å². The van der Waals surface area contributed by atoms with Gasteiger partial charge in [-0.25, -0.2) is 4.98 Å². The number of nitrogens with zero attached hydrogens (tertiary/aromatic N) is 3. The first kappa shape index (κ1) is 19.7. The van der Waals surface area contributed by atoms with Crippen LogP contribution in [-0.2, 0) is 10.2 Å². The number of carbonyl (C=O) groups excluding carboxylic acids is 2. The Balaban J connectivity index is 1.61. The first-order valence-electron chi connectivity index (χ1n) is 9.13. The minimum atomic E-state index is -0.626. The van der Waals surface area contributed by atoms with Crippen molar-refractivity contribution in [3.05, 3.63) is 69.1 Å². The van der Waals surface area contributed by atoms with Gasteiger partial charge >= 0.3 is 0 Å². The highest BCUT2D eigenvalue weighted by Crippen LogP contribution is 2.42. The van der Waals surface area contributed by atoms with Crippen LogP contribution in [0.1, 0.15) is 29.8 Å². The third kappa shape index (κ3) is 3.13. The Kier molecular flexibility index (Phi) is 4.62. The number of fused-ring (bicyclic) bond motifs is 1. The molecule has 1 aliphatic rings. The Morgan fingerprint density at radius 1 is 1.23 bits per heavy atom. The molecule has 0 radical (unpaired) electrons. The van der Waals surface area contributed by atoms with Crippen molar-refractivity contribution in [1.82, 2.24) is 4.98 Å². The minimum absolute atomic E-state index is 0.0277. The van der Waals surface area contributed by atoms with Gasteiger partial charge in [-0.15, -0.1) is 11.3 Å². The fourth-order valence-corrected chi connectivity index (χ4v) is 4.30. The summed E-state index contributed by atoms with van der Waals surface area (Å²) in [4.78, 5) is 41.6.